The summed E-state index contributed by atoms with van der Waals surface area (Å²) in [5, 5.41) is 4.58. The molecule has 7 nitrogen and oxygen atoms in total. The highest BCUT2D eigenvalue weighted by molar-refractivity contribution is 6.19. The fourth-order valence-electron chi connectivity index (χ4n) is 2.96. The first kappa shape index (κ1) is 21.3. The van der Waals surface area contributed by atoms with Gasteiger partial charge in [-0.15, -0.1) is 11.6 Å². The molecular weight excluding hydrogens is 370 g/mol. The summed E-state index contributed by atoms with van der Waals surface area (Å²) >= 11 is 5.84. The predicted octanol–water partition coefficient (Wildman–Crippen LogP) is 3.54. The molecule has 2 rings (SSSR count). The first-order valence-corrected chi connectivity index (χ1v) is 9.58. The van der Waals surface area contributed by atoms with Crippen molar-refractivity contribution in [3.8, 4) is 0 Å². The van der Waals surface area contributed by atoms with Gasteiger partial charge in [0.25, 0.3) is 0 Å². The van der Waals surface area contributed by atoms with Gasteiger partial charge in [-0.05, 0) is 40.2 Å². The van der Waals surface area contributed by atoms with E-state index in [9.17, 15) is 9.59 Å². The van der Waals surface area contributed by atoms with Crippen LogP contribution in [0.2, 0.25) is 0 Å². The zero-order valence-electron chi connectivity index (χ0n) is 16.7. The molecule has 0 spiro atoms. The number of carbonyl (C=O) groups is 2. The molecule has 1 amide bonds. The molecule has 2 heterocycles. The monoisotopic (exact) mass is 397 g/mol. The molecule has 27 heavy (non-hydrogen) atoms. The fraction of sp³-hybridized carbons (Fsp3) is 0.632. The summed E-state index contributed by atoms with van der Waals surface area (Å²) in [6, 6.07) is -0.0954. The average Bonchev–Trinajstić information content (AvgIpc) is 2.88. The molecule has 0 aromatic carbocycles. The number of esters is 1. The van der Waals surface area contributed by atoms with Gasteiger partial charge in [0.1, 0.15) is 5.60 Å². The Labute approximate surface area is 165 Å². The second-order valence-corrected chi connectivity index (χ2v) is 7.96. The van der Waals surface area contributed by atoms with Crippen LogP contribution in [0.15, 0.2) is 12.2 Å². The zero-order chi connectivity index (χ0) is 20.4. The molecule has 1 aromatic heterocycles. The van der Waals surface area contributed by atoms with Crippen molar-refractivity contribution >= 4 is 23.7 Å². The Hall–Kier alpha value is -2.02. The molecule has 0 saturated carbocycles. The van der Waals surface area contributed by atoms with Crippen LogP contribution in [0.25, 0.3) is 0 Å². The first-order chi connectivity index (χ1) is 12.6. The summed E-state index contributed by atoms with van der Waals surface area (Å²) in [6.45, 7) is 13.9. The zero-order valence-corrected chi connectivity index (χ0v) is 17.4. The van der Waals surface area contributed by atoms with Crippen molar-refractivity contribution in [2.75, 3.05) is 12.5 Å². The SMILES string of the molecule is C=C(CCl)Cn1nc2c(c1C(=O)OCC)CN(C(=O)OC(C)(C)C)[C@H](C)C2. The van der Waals surface area contributed by atoms with Crippen molar-refractivity contribution in [2.24, 2.45) is 0 Å². The minimum Gasteiger partial charge on any atom is -0.461 e. The number of aromatic nitrogens is 2. The molecule has 0 aliphatic carbocycles. The molecule has 1 aliphatic heterocycles. The molecule has 1 atom stereocenters. The van der Waals surface area contributed by atoms with Crippen LogP contribution >= 0.6 is 11.6 Å². The Morgan fingerprint density at radius 1 is 1.37 bits per heavy atom. The van der Waals surface area contributed by atoms with Crippen LogP contribution in [0.1, 0.15) is 56.4 Å². The van der Waals surface area contributed by atoms with Crippen molar-refractivity contribution < 1.29 is 19.1 Å². The van der Waals surface area contributed by atoms with E-state index in [0.29, 0.717) is 24.2 Å². The lowest BCUT2D eigenvalue weighted by molar-refractivity contribution is 0.0134. The van der Waals surface area contributed by atoms with Gasteiger partial charge in [-0.1, -0.05) is 6.58 Å². The molecule has 0 fully saturated rings. The van der Waals surface area contributed by atoms with Crippen LogP contribution in [0, 0.1) is 0 Å². The van der Waals surface area contributed by atoms with Gasteiger partial charge in [0.05, 0.1) is 25.4 Å². The van der Waals surface area contributed by atoms with Crippen molar-refractivity contribution in [1.29, 1.82) is 0 Å². The normalized spacial score (nSPS) is 16.7. The number of allylic oxidation sites excluding steroid dienone is 1. The topological polar surface area (TPSA) is 73.7 Å². The van der Waals surface area contributed by atoms with E-state index in [1.807, 2.05) is 27.7 Å². The Kier molecular flexibility index (Phi) is 6.57. The summed E-state index contributed by atoms with van der Waals surface area (Å²) < 4.78 is 12.3. The number of halogens is 1. The van der Waals surface area contributed by atoms with Crippen molar-refractivity contribution in [3.63, 3.8) is 0 Å². The van der Waals surface area contributed by atoms with Gasteiger partial charge < -0.3 is 14.4 Å². The third-order valence-electron chi connectivity index (χ3n) is 4.14. The van der Waals surface area contributed by atoms with Gasteiger partial charge in [0.15, 0.2) is 5.69 Å². The van der Waals surface area contributed by atoms with Gasteiger partial charge in [0, 0.05) is 23.9 Å². The van der Waals surface area contributed by atoms with Crippen LogP contribution in [0.4, 0.5) is 4.79 Å². The summed E-state index contributed by atoms with van der Waals surface area (Å²) in [7, 11) is 0. The Morgan fingerprint density at radius 2 is 2.04 bits per heavy atom. The van der Waals surface area contributed by atoms with E-state index in [1.165, 1.54) is 0 Å². The molecule has 150 valence electrons. The van der Waals surface area contributed by atoms with E-state index < -0.39 is 17.7 Å². The van der Waals surface area contributed by atoms with E-state index in [-0.39, 0.29) is 25.1 Å². The number of rotatable bonds is 5. The van der Waals surface area contributed by atoms with Crippen LogP contribution in [-0.2, 0) is 29.0 Å². The molecule has 1 aliphatic rings. The van der Waals surface area contributed by atoms with Crippen molar-refractivity contribution in [2.45, 2.75) is 65.8 Å². The standard InChI is InChI=1S/C19H28ClN3O4/c1-7-26-17(24)16-14-11-22(18(25)27-19(4,5)6)13(3)8-15(14)21-23(16)10-12(2)9-20/h13H,2,7-11H2,1,3-6H3/t13-/m1/s1. The highest BCUT2D eigenvalue weighted by atomic mass is 35.5. The second kappa shape index (κ2) is 8.33. The van der Waals surface area contributed by atoms with Crippen molar-refractivity contribution in [3.05, 3.63) is 29.1 Å². The number of ether oxygens (including phenoxy) is 2. The van der Waals surface area contributed by atoms with Gasteiger partial charge in [-0.2, -0.15) is 5.10 Å². The van der Waals surface area contributed by atoms with E-state index in [0.717, 1.165) is 11.3 Å². The summed E-state index contributed by atoms with van der Waals surface area (Å²) in [4.78, 5) is 26.8. The number of hydrogen-bond acceptors (Lipinski definition) is 5. The van der Waals surface area contributed by atoms with Gasteiger partial charge in [-0.25, -0.2) is 9.59 Å². The average molecular weight is 398 g/mol. The molecule has 0 unspecified atom stereocenters. The van der Waals surface area contributed by atoms with Crippen LogP contribution in [0.3, 0.4) is 0 Å². The number of nitrogens with zero attached hydrogens (tertiary/aromatic N) is 3. The maximum Gasteiger partial charge on any atom is 0.410 e. The van der Waals surface area contributed by atoms with E-state index in [1.54, 1.807) is 16.5 Å². The first-order valence-electron chi connectivity index (χ1n) is 9.05. The lowest BCUT2D eigenvalue weighted by atomic mass is 10.00. The number of alkyl halides is 1. The molecule has 0 radical (unpaired) electrons. The van der Waals surface area contributed by atoms with E-state index >= 15 is 0 Å². The summed E-state index contributed by atoms with van der Waals surface area (Å²) in [6.07, 6.45) is 0.120. The van der Waals surface area contributed by atoms with Crippen LogP contribution in [0.5, 0.6) is 0 Å². The second-order valence-electron chi connectivity index (χ2n) is 7.70. The van der Waals surface area contributed by atoms with Gasteiger partial charge in [0.2, 0.25) is 0 Å². The van der Waals surface area contributed by atoms with Crippen LogP contribution in [-0.4, -0.2) is 50.9 Å². The van der Waals surface area contributed by atoms with E-state index in [2.05, 4.69) is 11.7 Å². The molecule has 0 N–H and O–H groups in total. The van der Waals surface area contributed by atoms with Gasteiger partial charge in [-0.3, -0.25) is 4.68 Å². The number of hydrogen-bond donors (Lipinski definition) is 0. The third kappa shape index (κ3) is 5.03. The predicted molar refractivity (Wildman–Crippen MR) is 103 cm³/mol. The lowest BCUT2D eigenvalue weighted by Crippen LogP contribution is -2.45. The Balaban J connectivity index is 2.40. The Morgan fingerprint density at radius 3 is 2.59 bits per heavy atom. The highest BCUT2D eigenvalue weighted by Crippen LogP contribution is 2.28. The number of carbonyl (C=O) groups excluding carboxylic acids is 2. The van der Waals surface area contributed by atoms with Gasteiger partial charge >= 0.3 is 12.1 Å². The molecule has 0 saturated heterocycles. The molecule has 0 bridgehead atoms. The summed E-state index contributed by atoms with van der Waals surface area (Å²) in [5.74, 6) is -0.194. The van der Waals surface area contributed by atoms with E-state index in [4.69, 9.17) is 21.1 Å². The fourth-order valence-corrected chi connectivity index (χ4v) is 3.04. The third-order valence-corrected chi connectivity index (χ3v) is 4.52. The Bertz CT molecular complexity index is 736. The minimum atomic E-state index is -0.594. The van der Waals surface area contributed by atoms with Crippen molar-refractivity contribution in [1.82, 2.24) is 14.7 Å². The number of amides is 1. The highest BCUT2D eigenvalue weighted by Gasteiger charge is 2.36. The molecular formula is C19H28ClN3O4. The maximum absolute atomic E-state index is 12.6. The quantitative estimate of drug-likeness (QED) is 0.431. The minimum absolute atomic E-state index is 0.0954. The molecule has 1 aromatic rings. The lowest BCUT2D eigenvalue weighted by Gasteiger charge is -2.34. The maximum atomic E-state index is 12.6. The number of fused-ring (bicyclic) bond motifs is 1. The summed E-state index contributed by atoms with van der Waals surface area (Å²) in [5.41, 5.74) is 1.97. The smallest absolute Gasteiger partial charge is 0.410 e. The molecule has 8 heteroatoms. The van der Waals surface area contributed by atoms with Crippen LogP contribution < -0.4 is 0 Å². The largest absolute Gasteiger partial charge is 0.461 e.